The molecule has 234 valence electrons. The van der Waals surface area contributed by atoms with E-state index < -0.39 is 0 Å². The summed E-state index contributed by atoms with van der Waals surface area (Å²) in [6.45, 7) is 11.3. The lowest BCUT2D eigenvalue weighted by molar-refractivity contribution is 0.545. The largest absolute Gasteiger partial charge is 0.340 e. The van der Waals surface area contributed by atoms with Crippen molar-refractivity contribution < 1.29 is 0 Å². The van der Waals surface area contributed by atoms with Gasteiger partial charge in [-0.05, 0) is 56.6 Å². The third kappa shape index (κ3) is 4.25. The predicted molar refractivity (Wildman–Crippen MR) is 208 cm³/mol. The molecule has 0 aliphatic carbocycles. The van der Waals surface area contributed by atoms with Crippen molar-refractivity contribution in [3.05, 3.63) is 133 Å². The second-order valence-corrected chi connectivity index (χ2v) is 14.3. The Hall–Kier alpha value is -5.34. The smallest absolute Gasteiger partial charge is 0.0585 e. The Labute approximate surface area is 281 Å². The van der Waals surface area contributed by atoms with Crippen LogP contribution in [-0.4, -0.2) is 9.13 Å². The number of hydrogen-bond acceptors (Lipinski definition) is 0. The maximum absolute atomic E-state index is 2.65. The third-order valence-electron chi connectivity index (χ3n) is 10.1. The monoisotopic (exact) mass is 620 g/mol. The summed E-state index contributed by atoms with van der Waals surface area (Å²) in [5.74, 6) is 0.951. The molecular formula is C46H40N2. The molecule has 0 saturated carbocycles. The Kier molecular flexibility index (Phi) is 6.69. The van der Waals surface area contributed by atoms with Gasteiger partial charge in [0.25, 0.3) is 0 Å². The number of hydrogen-bond donors (Lipinski definition) is 0. The van der Waals surface area contributed by atoms with Gasteiger partial charge in [0.1, 0.15) is 0 Å². The summed E-state index contributed by atoms with van der Waals surface area (Å²) in [7, 11) is 0. The van der Waals surface area contributed by atoms with Gasteiger partial charge >= 0.3 is 0 Å². The van der Waals surface area contributed by atoms with Gasteiger partial charge in [0.05, 0.1) is 11.0 Å². The molecular weight excluding hydrogens is 581 g/mol. The molecule has 0 N–H and O–H groups in total. The van der Waals surface area contributed by atoms with Crippen LogP contribution in [0, 0.1) is 11.8 Å². The fraction of sp³-hybridized carbons (Fsp3) is 0.174. The number of aromatic nitrogens is 2. The number of nitrogens with zero attached hydrogens (tertiary/aromatic N) is 2. The number of para-hydroxylation sites is 2. The van der Waals surface area contributed by atoms with Crippen LogP contribution in [0.15, 0.2) is 133 Å². The fourth-order valence-corrected chi connectivity index (χ4v) is 8.39. The molecule has 2 heterocycles. The quantitative estimate of drug-likeness (QED) is 0.175. The highest BCUT2D eigenvalue weighted by Gasteiger charge is 2.29. The lowest BCUT2D eigenvalue weighted by Crippen LogP contribution is -2.07. The van der Waals surface area contributed by atoms with Crippen molar-refractivity contribution in [2.24, 2.45) is 11.8 Å². The fourth-order valence-electron chi connectivity index (χ4n) is 8.39. The van der Waals surface area contributed by atoms with Crippen molar-refractivity contribution in [3.63, 3.8) is 0 Å². The number of fused-ring (bicyclic) bond motifs is 8. The first-order valence-corrected chi connectivity index (χ1v) is 17.5. The van der Waals surface area contributed by atoms with Gasteiger partial charge in [-0.15, -0.1) is 0 Å². The first kappa shape index (κ1) is 28.8. The molecule has 2 nitrogen and oxygen atoms in total. The average Bonchev–Trinajstić information content (AvgIpc) is 3.59. The van der Waals surface area contributed by atoms with Crippen molar-refractivity contribution in [1.82, 2.24) is 9.13 Å². The van der Waals surface area contributed by atoms with Gasteiger partial charge < -0.3 is 9.13 Å². The molecule has 0 radical (unpaired) electrons. The van der Waals surface area contributed by atoms with Gasteiger partial charge in [0, 0.05) is 56.8 Å². The average molecular weight is 621 g/mol. The molecule has 2 heteroatoms. The van der Waals surface area contributed by atoms with Crippen LogP contribution in [0.1, 0.15) is 27.7 Å². The minimum absolute atomic E-state index is 0.475. The van der Waals surface area contributed by atoms with Crippen LogP contribution in [0.5, 0.6) is 0 Å². The molecule has 0 amide bonds. The highest BCUT2D eigenvalue weighted by Crippen LogP contribution is 2.52. The zero-order chi connectivity index (χ0) is 32.5. The second kappa shape index (κ2) is 11.1. The standard InChI is InChI=1S/C46H40N2/c1-29(2)27-47-39-25-11-9-21-37(39)43-42(36-24-14-18-32-16-6-8-20-34(32)36)46-44(38-22-10-12-26-40(38)48(46)28-30(3)4)41(45(43)47)35-23-13-17-31-15-5-7-19-33(31)35/h5-26,29-30H,27-28H2,1-4H3. The van der Waals surface area contributed by atoms with Gasteiger partial charge in [-0.2, -0.15) is 0 Å². The van der Waals surface area contributed by atoms with Crippen LogP contribution >= 0.6 is 0 Å². The molecule has 0 fully saturated rings. The molecule has 0 saturated heterocycles. The molecule has 0 aliphatic heterocycles. The highest BCUT2D eigenvalue weighted by molar-refractivity contribution is 6.34. The first-order chi connectivity index (χ1) is 23.5. The number of rotatable bonds is 6. The van der Waals surface area contributed by atoms with Crippen molar-refractivity contribution in [1.29, 1.82) is 0 Å². The van der Waals surface area contributed by atoms with E-state index in [2.05, 4.69) is 170 Å². The zero-order valence-electron chi connectivity index (χ0n) is 28.2. The predicted octanol–water partition coefficient (Wildman–Crippen LogP) is 12.9. The molecule has 0 unspecified atom stereocenters. The van der Waals surface area contributed by atoms with E-state index in [1.807, 2.05) is 0 Å². The van der Waals surface area contributed by atoms with E-state index in [0.717, 1.165) is 13.1 Å². The summed E-state index contributed by atoms with van der Waals surface area (Å²) in [6.07, 6.45) is 0. The molecule has 0 spiro atoms. The van der Waals surface area contributed by atoms with Crippen molar-refractivity contribution in [3.8, 4) is 22.3 Å². The van der Waals surface area contributed by atoms with Crippen molar-refractivity contribution in [2.45, 2.75) is 40.8 Å². The lowest BCUT2D eigenvalue weighted by Gasteiger charge is -2.21. The summed E-state index contributed by atoms with van der Waals surface area (Å²) < 4.78 is 5.30. The Bertz CT molecular complexity index is 2480. The minimum Gasteiger partial charge on any atom is -0.340 e. The summed E-state index contributed by atoms with van der Waals surface area (Å²) in [5, 5.41) is 10.5. The van der Waals surface area contributed by atoms with E-state index in [1.165, 1.54) is 87.4 Å². The summed E-state index contributed by atoms with van der Waals surface area (Å²) >= 11 is 0. The topological polar surface area (TPSA) is 9.86 Å². The van der Waals surface area contributed by atoms with Gasteiger partial charge in [-0.1, -0.05) is 149 Å². The summed E-state index contributed by atoms with van der Waals surface area (Å²) in [4.78, 5) is 0. The van der Waals surface area contributed by atoms with Crippen molar-refractivity contribution in [2.75, 3.05) is 0 Å². The normalized spacial score (nSPS) is 12.3. The van der Waals surface area contributed by atoms with E-state index in [1.54, 1.807) is 0 Å². The van der Waals surface area contributed by atoms with Crippen LogP contribution in [0.25, 0.3) is 87.4 Å². The van der Waals surface area contributed by atoms with Crippen molar-refractivity contribution >= 4 is 65.2 Å². The van der Waals surface area contributed by atoms with Gasteiger partial charge in [0.2, 0.25) is 0 Å². The molecule has 48 heavy (non-hydrogen) atoms. The first-order valence-electron chi connectivity index (χ1n) is 17.5. The maximum Gasteiger partial charge on any atom is 0.0585 e. The molecule has 0 bridgehead atoms. The lowest BCUT2D eigenvalue weighted by atomic mass is 9.87. The zero-order valence-corrected chi connectivity index (χ0v) is 28.2. The molecule has 7 aromatic carbocycles. The highest BCUT2D eigenvalue weighted by atomic mass is 15.0. The molecule has 0 atom stereocenters. The van der Waals surface area contributed by atoms with Crippen LogP contribution in [0.4, 0.5) is 0 Å². The summed E-state index contributed by atoms with van der Waals surface area (Å²) in [6, 6.07) is 49.8. The van der Waals surface area contributed by atoms with Crippen LogP contribution < -0.4 is 0 Å². The Morgan fingerprint density at radius 1 is 0.396 bits per heavy atom. The molecule has 2 aromatic heterocycles. The Morgan fingerprint density at radius 3 is 1.17 bits per heavy atom. The molecule has 9 aromatic rings. The van der Waals surface area contributed by atoms with Gasteiger partial charge in [-0.25, -0.2) is 0 Å². The second-order valence-electron chi connectivity index (χ2n) is 14.3. The number of benzene rings is 7. The molecule has 0 aliphatic rings. The van der Waals surface area contributed by atoms with E-state index in [0.29, 0.717) is 11.8 Å². The van der Waals surface area contributed by atoms with Crippen LogP contribution in [0.2, 0.25) is 0 Å². The summed E-state index contributed by atoms with van der Waals surface area (Å²) in [5.41, 5.74) is 10.6. The van der Waals surface area contributed by atoms with Gasteiger partial charge in [0.15, 0.2) is 0 Å². The van der Waals surface area contributed by atoms with Crippen LogP contribution in [-0.2, 0) is 13.1 Å². The maximum atomic E-state index is 2.65. The van der Waals surface area contributed by atoms with E-state index in [4.69, 9.17) is 0 Å². The third-order valence-corrected chi connectivity index (χ3v) is 10.1. The Morgan fingerprint density at radius 2 is 0.750 bits per heavy atom. The molecule has 9 rings (SSSR count). The van der Waals surface area contributed by atoms with Gasteiger partial charge in [-0.3, -0.25) is 0 Å². The minimum atomic E-state index is 0.475. The Balaban J connectivity index is 1.66. The SMILES string of the molecule is CC(C)Cn1c2ccccc2c2c(-c3cccc4ccccc34)c3c(c(-c4cccc5ccccc45)c21)c1ccccc1n3CC(C)C. The van der Waals surface area contributed by atoms with E-state index >= 15 is 0 Å². The van der Waals surface area contributed by atoms with E-state index in [-0.39, 0.29) is 0 Å². The van der Waals surface area contributed by atoms with Crippen LogP contribution in [0.3, 0.4) is 0 Å². The van der Waals surface area contributed by atoms with E-state index in [9.17, 15) is 0 Å².